The third kappa shape index (κ3) is 3.07. The fraction of sp³-hybridized carbons (Fsp3) is 1.00. The van der Waals surface area contributed by atoms with Crippen molar-refractivity contribution in [1.29, 1.82) is 0 Å². The van der Waals surface area contributed by atoms with Gasteiger partial charge in [0, 0.05) is 25.2 Å². The van der Waals surface area contributed by atoms with Crippen molar-refractivity contribution in [2.75, 3.05) is 26.2 Å². The maximum atomic E-state index is 2.91. The van der Waals surface area contributed by atoms with E-state index in [2.05, 4.69) is 44.4 Å². The molecule has 0 bridgehead atoms. The molecule has 0 amide bonds. The minimum absolute atomic E-state index is 0.528. The average molecular weight is 333 g/mol. The van der Waals surface area contributed by atoms with Crippen LogP contribution in [0.15, 0.2) is 0 Å². The molecule has 2 heteroatoms. The first-order valence-electron chi connectivity index (χ1n) is 10.7. The van der Waals surface area contributed by atoms with Gasteiger partial charge in [0.1, 0.15) is 0 Å². The first-order valence-corrected chi connectivity index (χ1v) is 10.7. The summed E-state index contributed by atoms with van der Waals surface area (Å²) in [5.41, 5.74) is 1.27. The van der Waals surface area contributed by atoms with E-state index in [0.717, 1.165) is 35.3 Å². The highest BCUT2D eigenvalue weighted by Gasteiger charge is 2.52. The highest BCUT2D eigenvalue weighted by molar-refractivity contribution is 5.05. The zero-order valence-corrected chi connectivity index (χ0v) is 16.9. The Bertz CT molecular complexity index is 433. The summed E-state index contributed by atoms with van der Waals surface area (Å²) in [6.07, 6.45) is 8.98. The van der Waals surface area contributed by atoms with Crippen LogP contribution in [0.1, 0.15) is 73.1 Å². The second kappa shape index (κ2) is 5.98. The Morgan fingerprint density at radius 3 is 1.92 bits per heavy atom. The van der Waals surface area contributed by atoms with Gasteiger partial charge in [0.25, 0.3) is 0 Å². The molecule has 0 N–H and O–H groups in total. The van der Waals surface area contributed by atoms with E-state index in [1.165, 1.54) is 64.7 Å². The third-order valence-corrected chi connectivity index (χ3v) is 8.45. The van der Waals surface area contributed by atoms with Crippen LogP contribution in [0.5, 0.6) is 0 Å². The molecule has 0 radical (unpaired) electrons. The molecule has 2 heterocycles. The van der Waals surface area contributed by atoms with Gasteiger partial charge in [-0.25, -0.2) is 0 Å². The second-order valence-electron chi connectivity index (χ2n) is 11.2. The lowest BCUT2D eigenvalue weighted by atomic mass is 9.60. The van der Waals surface area contributed by atoms with Crippen molar-refractivity contribution >= 4 is 0 Å². The Labute approximate surface area is 150 Å². The number of likely N-dealkylation sites (tertiary alicyclic amines) is 2. The molecule has 4 aliphatic rings. The molecular weight excluding hydrogens is 292 g/mol. The number of fused-ring (bicyclic) bond motifs is 1. The largest absolute Gasteiger partial charge is 0.301 e. The van der Waals surface area contributed by atoms with E-state index in [-0.39, 0.29) is 0 Å². The van der Waals surface area contributed by atoms with Crippen molar-refractivity contribution in [2.45, 2.75) is 85.2 Å². The van der Waals surface area contributed by atoms with Gasteiger partial charge >= 0.3 is 0 Å². The molecule has 2 aliphatic heterocycles. The van der Waals surface area contributed by atoms with Gasteiger partial charge in [-0.1, -0.05) is 20.8 Å². The lowest BCUT2D eigenvalue weighted by Gasteiger charge is -2.55. The topological polar surface area (TPSA) is 6.48 Å². The fourth-order valence-corrected chi connectivity index (χ4v) is 6.46. The number of piperidine rings is 1. The summed E-state index contributed by atoms with van der Waals surface area (Å²) in [6, 6.07) is 1.68. The van der Waals surface area contributed by atoms with Crippen LogP contribution in [0, 0.1) is 28.6 Å². The highest BCUT2D eigenvalue weighted by Crippen LogP contribution is 2.54. The van der Waals surface area contributed by atoms with Gasteiger partial charge in [-0.05, 0) is 94.0 Å². The van der Waals surface area contributed by atoms with Crippen LogP contribution in [-0.2, 0) is 0 Å². The van der Waals surface area contributed by atoms with Crippen LogP contribution < -0.4 is 0 Å². The van der Waals surface area contributed by atoms with Gasteiger partial charge in [0.2, 0.25) is 0 Å². The minimum Gasteiger partial charge on any atom is -0.301 e. The van der Waals surface area contributed by atoms with Crippen LogP contribution in [0.4, 0.5) is 0 Å². The molecule has 4 rings (SSSR count). The molecule has 4 fully saturated rings. The highest BCUT2D eigenvalue weighted by atomic mass is 15.2. The lowest BCUT2D eigenvalue weighted by Crippen LogP contribution is -2.55. The molecule has 24 heavy (non-hydrogen) atoms. The van der Waals surface area contributed by atoms with E-state index < -0.39 is 0 Å². The zero-order chi connectivity index (χ0) is 17.1. The predicted molar refractivity (Wildman–Crippen MR) is 102 cm³/mol. The monoisotopic (exact) mass is 332 g/mol. The second-order valence-corrected chi connectivity index (χ2v) is 11.2. The Kier molecular flexibility index (Phi) is 4.32. The van der Waals surface area contributed by atoms with Gasteiger partial charge in [-0.2, -0.15) is 0 Å². The quantitative estimate of drug-likeness (QED) is 0.726. The molecule has 2 nitrogen and oxygen atoms in total. The number of hydrogen-bond donors (Lipinski definition) is 0. The Balaban J connectivity index is 1.25. The summed E-state index contributed by atoms with van der Waals surface area (Å²) in [4.78, 5) is 5.60. The van der Waals surface area contributed by atoms with Gasteiger partial charge < -0.3 is 4.90 Å². The molecule has 0 aromatic heterocycles. The number of nitrogens with zero attached hydrogens (tertiary/aromatic N) is 2. The molecular formula is C22H40N2. The van der Waals surface area contributed by atoms with Gasteiger partial charge in [0.15, 0.2) is 0 Å². The normalized spacial score (nSPS) is 38.0. The van der Waals surface area contributed by atoms with E-state index in [4.69, 9.17) is 0 Å². The summed E-state index contributed by atoms with van der Waals surface area (Å²) in [7, 11) is 0. The summed E-state index contributed by atoms with van der Waals surface area (Å²) in [6.45, 7) is 17.6. The summed E-state index contributed by atoms with van der Waals surface area (Å²) < 4.78 is 0. The van der Waals surface area contributed by atoms with Crippen molar-refractivity contribution in [3.63, 3.8) is 0 Å². The standard InChI is InChI=1S/C22H40N2/c1-16(2)23-8-6-22(7-9-23)12-20(13-22)24-14-17-10-19(21(3,4)5)11-18(17)15-24/h16-20H,6-15H2,1-5H3/t17-,18+,19?. The SMILES string of the molecule is CC(C)N1CCC2(CC1)CC(N1C[C@H]3CC(C(C)(C)C)C[C@H]3C1)C2. The number of rotatable bonds is 2. The van der Waals surface area contributed by atoms with Crippen molar-refractivity contribution in [3.8, 4) is 0 Å². The summed E-state index contributed by atoms with van der Waals surface area (Å²) in [5.74, 6) is 3.02. The van der Waals surface area contributed by atoms with Crippen molar-refractivity contribution in [3.05, 3.63) is 0 Å². The smallest absolute Gasteiger partial charge is 0.0106 e. The van der Waals surface area contributed by atoms with Gasteiger partial charge in [0.05, 0.1) is 0 Å². The van der Waals surface area contributed by atoms with Crippen LogP contribution in [-0.4, -0.2) is 48.1 Å². The lowest BCUT2D eigenvalue weighted by molar-refractivity contribution is -0.0435. The molecule has 0 aromatic carbocycles. The van der Waals surface area contributed by atoms with Crippen molar-refractivity contribution in [2.24, 2.45) is 28.6 Å². The molecule has 138 valence electrons. The maximum Gasteiger partial charge on any atom is 0.0106 e. The third-order valence-electron chi connectivity index (χ3n) is 8.45. The molecule has 2 aliphatic carbocycles. The maximum absolute atomic E-state index is 2.91. The molecule has 3 atom stereocenters. The first kappa shape index (κ1) is 17.3. The van der Waals surface area contributed by atoms with E-state index in [0.29, 0.717) is 5.41 Å². The minimum atomic E-state index is 0.528. The molecule has 0 aromatic rings. The summed E-state index contributed by atoms with van der Waals surface area (Å²) in [5, 5.41) is 0. The fourth-order valence-electron chi connectivity index (χ4n) is 6.46. The Morgan fingerprint density at radius 2 is 1.46 bits per heavy atom. The predicted octanol–water partition coefficient (Wildman–Crippen LogP) is 4.64. The molecule has 2 saturated carbocycles. The average Bonchev–Trinajstić information content (AvgIpc) is 3.02. The van der Waals surface area contributed by atoms with E-state index >= 15 is 0 Å². The zero-order valence-electron chi connectivity index (χ0n) is 16.9. The summed E-state index contributed by atoms with van der Waals surface area (Å²) >= 11 is 0. The van der Waals surface area contributed by atoms with Crippen molar-refractivity contribution < 1.29 is 0 Å². The first-order chi connectivity index (χ1) is 11.3. The molecule has 2 saturated heterocycles. The van der Waals surface area contributed by atoms with Crippen LogP contribution >= 0.6 is 0 Å². The molecule has 1 spiro atoms. The van der Waals surface area contributed by atoms with E-state index in [9.17, 15) is 0 Å². The van der Waals surface area contributed by atoms with Gasteiger partial charge in [-0.3, -0.25) is 4.90 Å². The molecule has 1 unspecified atom stereocenters. The van der Waals surface area contributed by atoms with Crippen LogP contribution in [0.3, 0.4) is 0 Å². The van der Waals surface area contributed by atoms with Crippen molar-refractivity contribution in [1.82, 2.24) is 9.80 Å². The number of hydrogen-bond acceptors (Lipinski definition) is 2. The Hall–Kier alpha value is -0.0800. The Morgan fingerprint density at radius 1 is 0.917 bits per heavy atom. The van der Waals surface area contributed by atoms with E-state index in [1.54, 1.807) is 0 Å². The van der Waals surface area contributed by atoms with Crippen LogP contribution in [0.25, 0.3) is 0 Å². The van der Waals surface area contributed by atoms with Crippen LogP contribution in [0.2, 0.25) is 0 Å². The van der Waals surface area contributed by atoms with Gasteiger partial charge in [-0.15, -0.1) is 0 Å². The van der Waals surface area contributed by atoms with E-state index in [1.807, 2.05) is 0 Å².